The maximum Gasteiger partial charge on any atom is 0.243 e. The molecule has 156 valence electrons. The normalized spacial score (nSPS) is 15.1. The summed E-state index contributed by atoms with van der Waals surface area (Å²) in [5.74, 6) is 0.515. The average Bonchev–Trinajstić information content (AvgIpc) is 2.77. The van der Waals surface area contributed by atoms with Crippen LogP contribution in [0, 0.1) is 0 Å². The van der Waals surface area contributed by atoms with Gasteiger partial charge in [-0.25, -0.2) is 8.42 Å². The minimum Gasteiger partial charge on any atom is -0.496 e. The fourth-order valence-electron chi connectivity index (χ4n) is 3.25. The predicted octanol–water partition coefficient (Wildman–Crippen LogP) is 2.31. The zero-order valence-corrected chi connectivity index (χ0v) is 17.5. The molecule has 2 aromatic rings. The van der Waals surface area contributed by atoms with Crippen molar-refractivity contribution in [1.29, 1.82) is 0 Å². The van der Waals surface area contributed by atoms with Gasteiger partial charge in [-0.05, 0) is 42.3 Å². The Labute approximate surface area is 171 Å². The molecule has 8 heteroatoms. The van der Waals surface area contributed by atoms with E-state index in [0.717, 1.165) is 5.69 Å². The number of amides is 1. The van der Waals surface area contributed by atoms with E-state index in [1.807, 2.05) is 30.3 Å². The van der Waals surface area contributed by atoms with Gasteiger partial charge in [-0.2, -0.15) is 4.31 Å². The van der Waals surface area contributed by atoms with Crippen molar-refractivity contribution in [3.8, 4) is 5.75 Å². The standard InChI is InChI=1S/C21H26N2O5S/c1-22(18-6-4-3-5-7-18)21(24)11-8-17-16-19(9-10-20(17)27-2)29(25,26)23-12-14-28-15-13-23/h3-7,9-10,16H,8,11-15H2,1-2H3. The van der Waals surface area contributed by atoms with Crippen LogP contribution >= 0.6 is 0 Å². The Hall–Kier alpha value is -2.42. The molecule has 0 spiro atoms. The van der Waals surface area contributed by atoms with Crippen LogP contribution in [-0.4, -0.2) is 59.1 Å². The summed E-state index contributed by atoms with van der Waals surface area (Å²) in [7, 11) is -0.340. The van der Waals surface area contributed by atoms with Crippen LogP contribution in [0.15, 0.2) is 53.4 Å². The molecule has 1 aliphatic heterocycles. The molecule has 0 N–H and O–H groups in total. The highest BCUT2D eigenvalue weighted by molar-refractivity contribution is 7.89. The Balaban J connectivity index is 1.76. The summed E-state index contributed by atoms with van der Waals surface area (Å²) in [5.41, 5.74) is 1.50. The van der Waals surface area contributed by atoms with E-state index in [2.05, 4.69) is 0 Å². The van der Waals surface area contributed by atoms with Crippen LogP contribution < -0.4 is 9.64 Å². The largest absolute Gasteiger partial charge is 0.496 e. The number of para-hydroxylation sites is 1. The van der Waals surface area contributed by atoms with Crippen molar-refractivity contribution in [2.24, 2.45) is 0 Å². The highest BCUT2D eigenvalue weighted by Gasteiger charge is 2.27. The Morgan fingerprint density at radius 3 is 2.48 bits per heavy atom. The van der Waals surface area contributed by atoms with Gasteiger partial charge in [-0.3, -0.25) is 4.79 Å². The van der Waals surface area contributed by atoms with E-state index in [-0.39, 0.29) is 17.2 Å². The molecular weight excluding hydrogens is 392 g/mol. The molecule has 1 saturated heterocycles. The number of ether oxygens (including phenoxy) is 2. The lowest BCUT2D eigenvalue weighted by Gasteiger charge is -2.26. The van der Waals surface area contributed by atoms with Gasteiger partial charge in [0, 0.05) is 32.2 Å². The van der Waals surface area contributed by atoms with Crippen LogP contribution in [-0.2, 0) is 26.0 Å². The summed E-state index contributed by atoms with van der Waals surface area (Å²) in [6, 6.07) is 14.2. The van der Waals surface area contributed by atoms with Crippen LogP contribution in [0.3, 0.4) is 0 Å². The summed E-state index contributed by atoms with van der Waals surface area (Å²) < 4.78 is 37.9. The maximum atomic E-state index is 12.9. The highest BCUT2D eigenvalue weighted by atomic mass is 32.2. The van der Waals surface area contributed by atoms with Crippen molar-refractivity contribution in [2.45, 2.75) is 17.7 Å². The lowest BCUT2D eigenvalue weighted by molar-refractivity contribution is -0.118. The van der Waals surface area contributed by atoms with Gasteiger partial charge in [0.1, 0.15) is 5.75 Å². The lowest BCUT2D eigenvalue weighted by Crippen LogP contribution is -2.40. The Kier molecular flexibility index (Phi) is 6.89. The number of morpholine rings is 1. The number of rotatable bonds is 7. The number of nitrogens with zero attached hydrogens (tertiary/aromatic N) is 2. The fourth-order valence-corrected chi connectivity index (χ4v) is 4.71. The first-order valence-electron chi connectivity index (χ1n) is 9.50. The second kappa shape index (κ2) is 9.39. The molecule has 1 aliphatic rings. The number of carbonyl (C=O) groups is 1. The highest BCUT2D eigenvalue weighted by Crippen LogP contribution is 2.26. The van der Waals surface area contributed by atoms with Gasteiger partial charge < -0.3 is 14.4 Å². The zero-order chi connectivity index (χ0) is 20.9. The summed E-state index contributed by atoms with van der Waals surface area (Å²) in [6.45, 7) is 1.46. The van der Waals surface area contributed by atoms with Crippen molar-refractivity contribution >= 4 is 21.6 Å². The number of carbonyl (C=O) groups excluding carboxylic acids is 1. The van der Waals surface area contributed by atoms with E-state index in [9.17, 15) is 13.2 Å². The molecule has 0 bridgehead atoms. The molecule has 0 radical (unpaired) electrons. The van der Waals surface area contributed by atoms with Crippen molar-refractivity contribution in [3.05, 3.63) is 54.1 Å². The lowest BCUT2D eigenvalue weighted by atomic mass is 10.1. The van der Waals surface area contributed by atoms with Crippen LogP contribution in [0.25, 0.3) is 0 Å². The molecule has 0 aromatic heterocycles. The van der Waals surface area contributed by atoms with E-state index in [1.54, 1.807) is 30.1 Å². The molecule has 0 atom stereocenters. The maximum absolute atomic E-state index is 12.9. The van der Waals surface area contributed by atoms with Gasteiger partial charge in [0.25, 0.3) is 0 Å². The minimum atomic E-state index is -3.60. The zero-order valence-electron chi connectivity index (χ0n) is 16.7. The van der Waals surface area contributed by atoms with Crippen molar-refractivity contribution in [2.75, 3.05) is 45.4 Å². The number of methoxy groups -OCH3 is 1. The summed E-state index contributed by atoms with van der Waals surface area (Å²) in [4.78, 5) is 14.4. The van der Waals surface area contributed by atoms with E-state index in [4.69, 9.17) is 9.47 Å². The van der Waals surface area contributed by atoms with Crippen molar-refractivity contribution in [1.82, 2.24) is 4.31 Å². The molecule has 1 amide bonds. The molecule has 1 fully saturated rings. The molecule has 7 nitrogen and oxygen atoms in total. The Morgan fingerprint density at radius 1 is 1.14 bits per heavy atom. The van der Waals surface area contributed by atoms with E-state index in [1.165, 1.54) is 11.4 Å². The van der Waals surface area contributed by atoms with Crippen molar-refractivity contribution in [3.63, 3.8) is 0 Å². The summed E-state index contributed by atoms with van der Waals surface area (Å²) in [5, 5.41) is 0. The number of benzene rings is 2. The molecule has 0 aliphatic carbocycles. The molecule has 3 rings (SSSR count). The van der Waals surface area contributed by atoms with Gasteiger partial charge in [0.05, 0.1) is 25.2 Å². The van der Waals surface area contributed by atoms with E-state index in [0.29, 0.717) is 44.0 Å². The van der Waals surface area contributed by atoms with Crippen LogP contribution in [0.1, 0.15) is 12.0 Å². The molecule has 0 saturated carbocycles. The van der Waals surface area contributed by atoms with Crippen molar-refractivity contribution < 1.29 is 22.7 Å². The molecule has 1 heterocycles. The van der Waals surface area contributed by atoms with Gasteiger partial charge in [0.15, 0.2) is 0 Å². The number of sulfonamides is 1. The van der Waals surface area contributed by atoms with Crippen LogP contribution in [0.5, 0.6) is 5.75 Å². The second-order valence-electron chi connectivity index (χ2n) is 6.78. The smallest absolute Gasteiger partial charge is 0.243 e. The second-order valence-corrected chi connectivity index (χ2v) is 8.72. The van der Waals surface area contributed by atoms with E-state index < -0.39 is 10.0 Å². The number of hydrogen-bond donors (Lipinski definition) is 0. The Morgan fingerprint density at radius 2 is 1.83 bits per heavy atom. The molecule has 29 heavy (non-hydrogen) atoms. The third-order valence-electron chi connectivity index (χ3n) is 4.99. The monoisotopic (exact) mass is 418 g/mol. The van der Waals surface area contributed by atoms with Gasteiger partial charge >= 0.3 is 0 Å². The van der Waals surface area contributed by atoms with Crippen LogP contribution in [0.2, 0.25) is 0 Å². The molecule has 0 unspecified atom stereocenters. The first-order chi connectivity index (χ1) is 13.9. The predicted molar refractivity (Wildman–Crippen MR) is 111 cm³/mol. The van der Waals surface area contributed by atoms with Crippen LogP contribution in [0.4, 0.5) is 5.69 Å². The SMILES string of the molecule is COc1ccc(S(=O)(=O)N2CCOCC2)cc1CCC(=O)N(C)c1ccccc1. The van der Waals surface area contributed by atoms with Gasteiger partial charge in [0.2, 0.25) is 15.9 Å². The average molecular weight is 419 g/mol. The first-order valence-corrected chi connectivity index (χ1v) is 10.9. The third-order valence-corrected chi connectivity index (χ3v) is 6.88. The summed E-state index contributed by atoms with van der Waals surface area (Å²) in [6.07, 6.45) is 0.620. The topological polar surface area (TPSA) is 76.1 Å². The van der Waals surface area contributed by atoms with E-state index >= 15 is 0 Å². The van der Waals surface area contributed by atoms with Gasteiger partial charge in [-0.15, -0.1) is 0 Å². The number of hydrogen-bond acceptors (Lipinski definition) is 5. The first kappa shape index (κ1) is 21.3. The Bertz CT molecular complexity index is 941. The third kappa shape index (κ3) is 4.95. The molecule has 2 aromatic carbocycles. The van der Waals surface area contributed by atoms with Gasteiger partial charge in [-0.1, -0.05) is 18.2 Å². The summed E-state index contributed by atoms with van der Waals surface area (Å²) >= 11 is 0. The minimum absolute atomic E-state index is 0.0558. The molecular formula is C21H26N2O5S. The number of anilines is 1. The fraction of sp³-hybridized carbons (Fsp3) is 0.381. The quantitative estimate of drug-likeness (QED) is 0.690. The number of aryl methyl sites for hydroxylation is 1.